The van der Waals surface area contributed by atoms with Gasteiger partial charge in [0.1, 0.15) is 0 Å². The van der Waals surface area contributed by atoms with Crippen LogP contribution in [0, 0.1) is 17.8 Å². The van der Waals surface area contributed by atoms with Crippen molar-refractivity contribution in [2.75, 3.05) is 13.2 Å². The summed E-state index contributed by atoms with van der Waals surface area (Å²) in [5.74, 6) is 6.71. The molecule has 0 radical (unpaired) electrons. The predicted molar refractivity (Wildman–Crippen MR) is 86.4 cm³/mol. The number of thiophene rings is 1. The fourth-order valence-corrected chi connectivity index (χ4v) is 3.51. The molecule has 21 heavy (non-hydrogen) atoms. The van der Waals surface area contributed by atoms with Gasteiger partial charge in [-0.25, -0.2) is 0 Å². The second kappa shape index (κ2) is 8.86. The van der Waals surface area contributed by atoms with E-state index in [4.69, 9.17) is 5.11 Å². The van der Waals surface area contributed by atoms with Crippen LogP contribution in [0.4, 0.5) is 0 Å². The van der Waals surface area contributed by atoms with Crippen LogP contribution in [0.25, 0.3) is 0 Å². The molecule has 1 aromatic heterocycles. The van der Waals surface area contributed by atoms with Crippen molar-refractivity contribution in [3.8, 4) is 11.8 Å². The van der Waals surface area contributed by atoms with Crippen LogP contribution < -0.4 is 5.32 Å². The third-order valence-electron chi connectivity index (χ3n) is 3.83. The van der Waals surface area contributed by atoms with E-state index in [0.717, 1.165) is 23.8 Å². The van der Waals surface area contributed by atoms with Crippen molar-refractivity contribution in [3.63, 3.8) is 0 Å². The van der Waals surface area contributed by atoms with E-state index in [1.54, 1.807) is 0 Å². The largest absolute Gasteiger partial charge is 0.395 e. The van der Waals surface area contributed by atoms with Gasteiger partial charge in [0, 0.05) is 13.0 Å². The lowest BCUT2D eigenvalue weighted by molar-refractivity contribution is 0.0956. The predicted octanol–water partition coefficient (Wildman–Crippen LogP) is 3.18. The average Bonchev–Trinajstić information content (AvgIpc) is 3.15. The Bertz CT molecular complexity index is 506. The highest BCUT2D eigenvalue weighted by Gasteiger charge is 2.14. The van der Waals surface area contributed by atoms with Crippen LogP contribution in [-0.4, -0.2) is 24.2 Å². The van der Waals surface area contributed by atoms with Gasteiger partial charge in [0.25, 0.3) is 5.91 Å². The fourth-order valence-electron chi connectivity index (χ4n) is 2.71. The molecule has 0 aliphatic heterocycles. The maximum Gasteiger partial charge on any atom is 0.261 e. The molecule has 1 aliphatic carbocycles. The lowest BCUT2D eigenvalue weighted by Gasteiger charge is -2.08. The highest BCUT2D eigenvalue weighted by Crippen LogP contribution is 2.28. The Morgan fingerprint density at radius 1 is 1.38 bits per heavy atom. The summed E-state index contributed by atoms with van der Waals surface area (Å²) >= 11 is 1.41. The fraction of sp³-hybridized carbons (Fsp3) is 0.588. The minimum atomic E-state index is 0.00151. The van der Waals surface area contributed by atoms with Crippen molar-refractivity contribution in [2.24, 2.45) is 5.92 Å². The molecule has 1 amide bonds. The number of aliphatic hydroxyl groups is 1. The van der Waals surface area contributed by atoms with E-state index in [1.807, 2.05) is 12.1 Å². The van der Waals surface area contributed by atoms with Crippen molar-refractivity contribution in [1.82, 2.24) is 5.32 Å². The van der Waals surface area contributed by atoms with E-state index >= 15 is 0 Å². The quantitative estimate of drug-likeness (QED) is 0.626. The molecule has 4 heteroatoms. The molecule has 0 spiro atoms. The molecular formula is C17H23NO2S. The number of hydrogen-bond acceptors (Lipinski definition) is 3. The lowest BCUT2D eigenvalue weighted by atomic mass is 10.0. The van der Waals surface area contributed by atoms with Gasteiger partial charge >= 0.3 is 0 Å². The molecular weight excluding hydrogens is 282 g/mol. The van der Waals surface area contributed by atoms with E-state index in [-0.39, 0.29) is 12.5 Å². The first-order valence-corrected chi connectivity index (χ1v) is 8.59. The van der Waals surface area contributed by atoms with Crippen molar-refractivity contribution < 1.29 is 9.90 Å². The van der Waals surface area contributed by atoms with Gasteiger partial charge in [0.15, 0.2) is 0 Å². The van der Waals surface area contributed by atoms with Crippen LogP contribution in [0.1, 0.15) is 59.5 Å². The molecule has 0 atom stereocenters. The Morgan fingerprint density at radius 2 is 2.19 bits per heavy atom. The van der Waals surface area contributed by atoms with Crippen molar-refractivity contribution >= 4 is 17.2 Å². The third kappa shape index (κ3) is 5.53. The van der Waals surface area contributed by atoms with Crippen LogP contribution in [0.3, 0.4) is 0 Å². The third-order valence-corrected chi connectivity index (χ3v) is 4.83. The Hall–Kier alpha value is -1.31. The molecule has 2 N–H and O–H groups in total. The van der Waals surface area contributed by atoms with Crippen LogP contribution in [0.15, 0.2) is 12.1 Å². The van der Waals surface area contributed by atoms with Gasteiger partial charge in [-0.15, -0.1) is 11.3 Å². The van der Waals surface area contributed by atoms with E-state index in [2.05, 4.69) is 17.2 Å². The molecule has 0 aromatic carbocycles. The number of amides is 1. The summed E-state index contributed by atoms with van der Waals surface area (Å²) < 4.78 is 0. The van der Waals surface area contributed by atoms with Gasteiger partial charge in [-0.1, -0.05) is 37.5 Å². The smallest absolute Gasteiger partial charge is 0.261 e. The highest BCUT2D eigenvalue weighted by molar-refractivity contribution is 7.14. The van der Waals surface area contributed by atoms with E-state index in [1.165, 1.54) is 43.4 Å². The highest BCUT2D eigenvalue weighted by atomic mass is 32.1. The van der Waals surface area contributed by atoms with Gasteiger partial charge in [-0.2, -0.15) is 0 Å². The summed E-state index contributed by atoms with van der Waals surface area (Å²) in [6.07, 6.45) is 8.29. The zero-order valence-electron chi connectivity index (χ0n) is 12.4. The second-order valence-corrected chi connectivity index (χ2v) is 6.57. The maximum atomic E-state index is 12.0. The van der Waals surface area contributed by atoms with Crippen LogP contribution >= 0.6 is 11.3 Å². The Morgan fingerprint density at radius 3 is 2.95 bits per heavy atom. The van der Waals surface area contributed by atoms with Crippen molar-refractivity contribution in [1.29, 1.82) is 0 Å². The summed E-state index contributed by atoms with van der Waals surface area (Å²) in [4.78, 5) is 13.6. The Labute approximate surface area is 130 Å². The molecule has 1 aromatic rings. The standard InChI is InChI=1S/C17H23NO2S/c19-13-4-3-9-15-10-11-16(21-15)17(20)18-12-5-8-14-6-1-2-7-14/h10-11,14,19H,1-2,4-8,12-13H2,(H,18,20). The van der Waals surface area contributed by atoms with Gasteiger partial charge in [-0.05, 0) is 30.9 Å². The average molecular weight is 305 g/mol. The van der Waals surface area contributed by atoms with Gasteiger partial charge in [-0.3, -0.25) is 4.79 Å². The topological polar surface area (TPSA) is 49.3 Å². The zero-order valence-corrected chi connectivity index (χ0v) is 13.2. The van der Waals surface area contributed by atoms with Crippen LogP contribution in [0.5, 0.6) is 0 Å². The number of hydrogen-bond donors (Lipinski definition) is 2. The maximum absolute atomic E-state index is 12.0. The zero-order chi connectivity index (χ0) is 14.9. The van der Waals surface area contributed by atoms with E-state index in [0.29, 0.717) is 11.3 Å². The first kappa shape index (κ1) is 16.1. The first-order valence-electron chi connectivity index (χ1n) is 7.77. The normalized spacial score (nSPS) is 14.7. The molecule has 0 saturated heterocycles. The molecule has 0 bridgehead atoms. The van der Waals surface area contributed by atoms with E-state index < -0.39 is 0 Å². The minimum Gasteiger partial charge on any atom is -0.395 e. The van der Waals surface area contributed by atoms with Gasteiger partial charge in [0.2, 0.25) is 0 Å². The summed E-state index contributed by atoms with van der Waals surface area (Å²) in [5, 5.41) is 11.7. The molecule has 2 rings (SSSR count). The molecule has 3 nitrogen and oxygen atoms in total. The molecule has 114 valence electrons. The Kier molecular flexibility index (Phi) is 6.78. The number of carbonyl (C=O) groups is 1. The summed E-state index contributed by atoms with van der Waals surface area (Å²) in [6.45, 7) is 0.839. The summed E-state index contributed by atoms with van der Waals surface area (Å²) in [5.41, 5.74) is 0. The Balaban J connectivity index is 1.69. The van der Waals surface area contributed by atoms with Gasteiger partial charge < -0.3 is 10.4 Å². The monoisotopic (exact) mass is 305 g/mol. The molecule has 1 saturated carbocycles. The molecule has 1 fully saturated rings. The van der Waals surface area contributed by atoms with E-state index in [9.17, 15) is 4.79 Å². The molecule has 1 heterocycles. The van der Waals surface area contributed by atoms with Crippen LogP contribution in [0.2, 0.25) is 0 Å². The molecule has 1 aliphatic rings. The van der Waals surface area contributed by atoms with Crippen LogP contribution in [-0.2, 0) is 0 Å². The number of aliphatic hydroxyl groups excluding tert-OH is 1. The number of carbonyl (C=O) groups excluding carboxylic acids is 1. The summed E-state index contributed by atoms with van der Waals surface area (Å²) in [7, 11) is 0. The minimum absolute atomic E-state index is 0.00151. The second-order valence-electron chi connectivity index (χ2n) is 5.49. The SMILES string of the molecule is O=C(NCCCC1CCCC1)c1ccc(C#CCCO)s1. The first-order chi connectivity index (χ1) is 10.3. The van der Waals surface area contributed by atoms with Crippen molar-refractivity contribution in [2.45, 2.75) is 44.9 Å². The van der Waals surface area contributed by atoms with Crippen molar-refractivity contribution in [3.05, 3.63) is 21.9 Å². The van der Waals surface area contributed by atoms with Gasteiger partial charge in [0.05, 0.1) is 16.4 Å². The number of rotatable bonds is 6. The number of nitrogens with one attached hydrogen (secondary N) is 1. The molecule has 0 unspecified atom stereocenters. The summed E-state index contributed by atoms with van der Waals surface area (Å²) in [6, 6.07) is 3.68. The lowest BCUT2D eigenvalue weighted by Crippen LogP contribution is -2.23.